The molecular weight excluding hydrogens is 208 g/mol. The van der Waals surface area contributed by atoms with E-state index in [-0.39, 0.29) is 11.6 Å². The summed E-state index contributed by atoms with van der Waals surface area (Å²) in [4.78, 5) is 24.0. The number of rotatable bonds is 2. The van der Waals surface area contributed by atoms with E-state index in [1.165, 1.54) is 6.07 Å². The largest absolute Gasteiger partial charge is 0.478 e. The van der Waals surface area contributed by atoms with Crippen LogP contribution in [0, 0.1) is 6.92 Å². The van der Waals surface area contributed by atoms with E-state index in [0.717, 1.165) is 0 Å². The molecule has 2 amide bonds. The monoisotopic (exact) mass is 220 g/mol. The summed E-state index contributed by atoms with van der Waals surface area (Å²) in [5.74, 6) is -0.973. The van der Waals surface area contributed by atoms with Crippen molar-refractivity contribution in [1.29, 1.82) is 0 Å². The summed E-state index contributed by atoms with van der Waals surface area (Å²) in [5.41, 5.74) is 1.51. The van der Waals surface area contributed by atoms with Crippen molar-refractivity contribution in [3.05, 3.63) is 29.3 Å². The number of carbonyl (C=O) groups excluding carboxylic acids is 1. The van der Waals surface area contributed by atoms with Gasteiger partial charge in [0.15, 0.2) is 0 Å². The minimum atomic E-state index is -0.973. The van der Waals surface area contributed by atoms with Crippen LogP contribution in [0.5, 0.6) is 0 Å². The van der Waals surface area contributed by atoms with E-state index in [4.69, 9.17) is 5.11 Å². The predicted molar refractivity (Wildman–Crippen MR) is 58.9 cm³/mol. The molecule has 2 N–H and O–H groups in total. The molecule has 0 aliphatic carbocycles. The van der Waals surface area contributed by atoms with Crippen LogP contribution >= 0.6 is 0 Å². The Morgan fingerprint density at radius 1 is 1.50 bits per heavy atom. The SMILES string of the molecule is Cc1c(C(=O)O)cccc1N1CCNC1=O. The van der Waals surface area contributed by atoms with Crippen molar-refractivity contribution in [1.82, 2.24) is 5.32 Å². The maximum Gasteiger partial charge on any atom is 0.336 e. The summed E-state index contributed by atoms with van der Waals surface area (Å²) in [6.07, 6.45) is 0. The minimum Gasteiger partial charge on any atom is -0.478 e. The number of nitrogens with one attached hydrogen (secondary N) is 1. The summed E-state index contributed by atoms with van der Waals surface area (Å²) in [5, 5.41) is 11.7. The van der Waals surface area contributed by atoms with Crippen molar-refractivity contribution in [2.24, 2.45) is 0 Å². The highest BCUT2D eigenvalue weighted by Gasteiger charge is 2.24. The van der Waals surface area contributed by atoms with Crippen LogP contribution in [-0.4, -0.2) is 30.2 Å². The predicted octanol–water partition coefficient (Wildman–Crippen LogP) is 1.22. The molecule has 0 saturated carbocycles. The van der Waals surface area contributed by atoms with Crippen LogP contribution in [0.4, 0.5) is 10.5 Å². The Balaban J connectivity index is 2.45. The molecule has 5 heteroatoms. The highest BCUT2D eigenvalue weighted by atomic mass is 16.4. The molecule has 0 atom stereocenters. The summed E-state index contributed by atoms with van der Waals surface area (Å²) < 4.78 is 0. The third-order valence-corrected chi connectivity index (χ3v) is 2.68. The third kappa shape index (κ3) is 1.60. The summed E-state index contributed by atoms with van der Waals surface area (Å²) >= 11 is 0. The zero-order valence-corrected chi connectivity index (χ0v) is 8.86. The summed E-state index contributed by atoms with van der Waals surface area (Å²) in [7, 11) is 0. The van der Waals surface area contributed by atoms with Crippen molar-refractivity contribution in [3.8, 4) is 0 Å². The Morgan fingerprint density at radius 3 is 2.81 bits per heavy atom. The number of nitrogens with zero attached hydrogens (tertiary/aromatic N) is 1. The molecule has 5 nitrogen and oxygen atoms in total. The van der Waals surface area contributed by atoms with Gasteiger partial charge in [-0.05, 0) is 24.6 Å². The smallest absolute Gasteiger partial charge is 0.336 e. The van der Waals surface area contributed by atoms with E-state index in [2.05, 4.69) is 5.32 Å². The molecule has 1 aliphatic rings. The lowest BCUT2D eigenvalue weighted by Gasteiger charge is -2.17. The first kappa shape index (κ1) is 10.5. The number of amides is 2. The van der Waals surface area contributed by atoms with Gasteiger partial charge < -0.3 is 10.4 Å². The maximum atomic E-state index is 11.5. The van der Waals surface area contributed by atoms with E-state index < -0.39 is 5.97 Å². The molecule has 0 unspecified atom stereocenters. The van der Waals surface area contributed by atoms with Gasteiger partial charge in [-0.1, -0.05) is 6.07 Å². The number of hydrogen-bond acceptors (Lipinski definition) is 2. The highest BCUT2D eigenvalue weighted by molar-refractivity contribution is 5.98. The molecular formula is C11H12N2O3. The molecule has 2 rings (SSSR count). The van der Waals surface area contributed by atoms with Crippen LogP contribution in [0.1, 0.15) is 15.9 Å². The van der Waals surface area contributed by atoms with Crippen LogP contribution in [0.15, 0.2) is 18.2 Å². The van der Waals surface area contributed by atoms with Crippen LogP contribution in [0.2, 0.25) is 0 Å². The van der Waals surface area contributed by atoms with E-state index in [1.54, 1.807) is 24.0 Å². The van der Waals surface area contributed by atoms with Gasteiger partial charge in [0.1, 0.15) is 0 Å². The van der Waals surface area contributed by atoms with Crippen LogP contribution < -0.4 is 10.2 Å². The number of carbonyl (C=O) groups is 2. The molecule has 1 fully saturated rings. The van der Waals surface area contributed by atoms with Crippen molar-refractivity contribution in [2.75, 3.05) is 18.0 Å². The fourth-order valence-electron chi connectivity index (χ4n) is 1.85. The van der Waals surface area contributed by atoms with Crippen molar-refractivity contribution in [2.45, 2.75) is 6.92 Å². The molecule has 0 spiro atoms. The Labute approximate surface area is 92.7 Å². The molecule has 1 aromatic rings. The minimum absolute atomic E-state index is 0.175. The lowest BCUT2D eigenvalue weighted by atomic mass is 10.1. The Kier molecular flexibility index (Phi) is 2.52. The van der Waals surface area contributed by atoms with E-state index in [0.29, 0.717) is 24.3 Å². The van der Waals surface area contributed by atoms with Crippen molar-refractivity contribution >= 4 is 17.7 Å². The van der Waals surface area contributed by atoms with Gasteiger partial charge in [-0.2, -0.15) is 0 Å². The standard InChI is InChI=1S/C11H12N2O3/c1-7-8(10(14)15)3-2-4-9(7)13-6-5-12-11(13)16/h2-4H,5-6H2,1H3,(H,12,16)(H,14,15). The number of carboxylic acid groups (broad SMARTS) is 1. The Morgan fingerprint density at radius 2 is 2.25 bits per heavy atom. The fourth-order valence-corrected chi connectivity index (χ4v) is 1.85. The highest BCUT2D eigenvalue weighted by Crippen LogP contribution is 2.24. The van der Waals surface area contributed by atoms with Crippen LogP contribution in [-0.2, 0) is 0 Å². The Bertz CT molecular complexity index is 457. The van der Waals surface area contributed by atoms with E-state index >= 15 is 0 Å². The van der Waals surface area contributed by atoms with Gasteiger partial charge in [-0.25, -0.2) is 9.59 Å². The van der Waals surface area contributed by atoms with Crippen LogP contribution in [0.3, 0.4) is 0 Å². The van der Waals surface area contributed by atoms with Gasteiger partial charge in [0.05, 0.1) is 5.56 Å². The Hall–Kier alpha value is -2.04. The quantitative estimate of drug-likeness (QED) is 0.787. The number of aromatic carboxylic acids is 1. The average molecular weight is 220 g/mol. The average Bonchev–Trinajstić information content (AvgIpc) is 2.64. The lowest BCUT2D eigenvalue weighted by Crippen LogP contribution is -2.28. The second kappa shape index (κ2) is 3.84. The number of anilines is 1. The zero-order chi connectivity index (χ0) is 11.7. The molecule has 84 valence electrons. The van der Waals surface area contributed by atoms with E-state index in [1.807, 2.05) is 0 Å². The van der Waals surface area contributed by atoms with Crippen molar-refractivity contribution in [3.63, 3.8) is 0 Å². The first-order valence-electron chi connectivity index (χ1n) is 4.99. The van der Waals surface area contributed by atoms with Gasteiger partial charge >= 0.3 is 12.0 Å². The third-order valence-electron chi connectivity index (χ3n) is 2.68. The fraction of sp³-hybridized carbons (Fsp3) is 0.273. The van der Waals surface area contributed by atoms with Gasteiger partial charge in [-0.3, -0.25) is 4.90 Å². The molecule has 1 aromatic carbocycles. The summed E-state index contributed by atoms with van der Waals surface area (Å²) in [6.45, 7) is 2.88. The molecule has 1 heterocycles. The van der Waals surface area contributed by atoms with E-state index in [9.17, 15) is 9.59 Å². The van der Waals surface area contributed by atoms with Crippen LogP contribution in [0.25, 0.3) is 0 Å². The molecule has 0 bridgehead atoms. The topological polar surface area (TPSA) is 69.6 Å². The lowest BCUT2D eigenvalue weighted by molar-refractivity contribution is 0.0696. The van der Waals surface area contributed by atoms with Gasteiger partial charge in [0, 0.05) is 18.8 Å². The number of hydrogen-bond donors (Lipinski definition) is 2. The number of urea groups is 1. The molecule has 1 saturated heterocycles. The molecule has 0 radical (unpaired) electrons. The second-order valence-electron chi connectivity index (χ2n) is 3.64. The van der Waals surface area contributed by atoms with Gasteiger partial charge in [0.2, 0.25) is 0 Å². The first-order chi connectivity index (χ1) is 7.61. The normalized spacial score (nSPS) is 15.1. The molecule has 0 aromatic heterocycles. The molecule has 16 heavy (non-hydrogen) atoms. The first-order valence-corrected chi connectivity index (χ1v) is 4.99. The second-order valence-corrected chi connectivity index (χ2v) is 3.64. The van der Waals surface area contributed by atoms with Gasteiger partial charge in [-0.15, -0.1) is 0 Å². The zero-order valence-electron chi connectivity index (χ0n) is 8.86. The molecule has 1 aliphatic heterocycles. The van der Waals surface area contributed by atoms with Crippen molar-refractivity contribution < 1.29 is 14.7 Å². The summed E-state index contributed by atoms with van der Waals surface area (Å²) in [6, 6.07) is 4.77. The number of carboxylic acids is 1. The van der Waals surface area contributed by atoms with Gasteiger partial charge in [0.25, 0.3) is 0 Å². The number of benzene rings is 1. The maximum absolute atomic E-state index is 11.5.